The first-order valence-corrected chi connectivity index (χ1v) is 10.4. The highest BCUT2D eigenvalue weighted by molar-refractivity contribution is 6.21. The highest BCUT2D eigenvalue weighted by atomic mass is 16.5. The minimum atomic E-state index is -0.509. The van der Waals surface area contributed by atoms with Crippen molar-refractivity contribution >= 4 is 17.7 Å². The summed E-state index contributed by atoms with van der Waals surface area (Å²) in [6.45, 7) is 5.70. The molecule has 0 bridgehead atoms. The van der Waals surface area contributed by atoms with Crippen LogP contribution in [0.5, 0.6) is 0 Å². The van der Waals surface area contributed by atoms with Gasteiger partial charge in [-0.15, -0.1) is 0 Å². The van der Waals surface area contributed by atoms with Gasteiger partial charge < -0.3 is 9.84 Å². The van der Waals surface area contributed by atoms with Crippen molar-refractivity contribution in [2.45, 2.75) is 33.2 Å². The zero-order valence-corrected chi connectivity index (χ0v) is 18.0. The van der Waals surface area contributed by atoms with Crippen molar-refractivity contribution in [3.8, 4) is 11.4 Å². The van der Waals surface area contributed by atoms with Crippen molar-refractivity contribution < 1.29 is 18.9 Å². The van der Waals surface area contributed by atoms with Gasteiger partial charge in [-0.1, -0.05) is 30.6 Å². The number of rotatable bonds is 7. The SMILES string of the molecule is Cc1ccc2c(c1)C(=O)N(CCC(=O)NC(c1nc(-c3cccnc3)no1)C(C)C)C2=O. The van der Waals surface area contributed by atoms with Gasteiger partial charge in [-0.25, -0.2) is 0 Å². The van der Waals surface area contributed by atoms with E-state index in [1.165, 1.54) is 0 Å². The number of hydrogen-bond donors (Lipinski definition) is 1. The van der Waals surface area contributed by atoms with Crippen molar-refractivity contribution in [2.75, 3.05) is 6.54 Å². The van der Waals surface area contributed by atoms with Crippen LogP contribution in [0.3, 0.4) is 0 Å². The first-order chi connectivity index (χ1) is 15.3. The van der Waals surface area contributed by atoms with Crippen LogP contribution in [-0.4, -0.2) is 44.3 Å². The highest BCUT2D eigenvalue weighted by Gasteiger charge is 2.35. The zero-order chi connectivity index (χ0) is 22.8. The molecule has 0 radical (unpaired) electrons. The molecule has 1 aliphatic rings. The molecule has 3 heterocycles. The third-order valence-electron chi connectivity index (χ3n) is 5.30. The zero-order valence-electron chi connectivity index (χ0n) is 18.0. The summed E-state index contributed by atoms with van der Waals surface area (Å²) in [7, 11) is 0. The molecule has 1 aromatic carbocycles. The monoisotopic (exact) mass is 433 g/mol. The molecule has 1 unspecified atom stereocenters. The molecule has 0 saturated heterocycles. The summed E-state index contributed by atoms with van der Waals surface area (Å²) in [4.78, 5) is 47.4. The lowest BCUT2D eigenvalue weighted by Gasteiger charge is -2.19. The van der Waals surface area contributed by atoms with Gasteiger partial charge in [0.2, 0.25) is 17.6 Å². The van der Waals surface area contributed by atoms with Gasteiger partial charge in [0.25, 0.3) is 11.8 Å². The molecule has 1 atom stereocenters. The first-order valence-electron chi connectivity index (χ1n) is 10.4. The lowest BCUT2D eigenvalue weighted by molar-refractivity contribution is -0.122. The smallest absolute Gasteiger partial charge is 0.261 e. The Hall–Kier alpha value is -3.88. The molecule has 9 heteroatoms. The van der Waals surface area contributed by atoms with E-state index in [1.807, 2.05) is 26.8 Å². The minimum Gasteiger partial charge on any atom is -0.344 e. The van der Waals surface area contributed by atoms with E-state index in [9.17, 15) is 14.4 Å². The summed E-state index contributed by atoms with van der Waals surface area (Å²) in [6, 6.07) is 8.21. The molecule has 3 amide bonds. The van der Waals surface area contributed by atoms with Crippen molar-refractivity contribution in [3.05, 3.63) is 65.3 Å². The highest BCUT2D eigenvalue weighted by Crippen LogP contribution is 2.25. The Kier molecular flexibility index (Phi) is 5.81. The van der Waals surface area contributed by atoms with Crippen molar-refractivity contribution in [3.63, 3.8) is 0 Å². The lowest BCUT2D eigenvalue weighted by atomic mass is 10.0. The van der Waals surface area contributed by atoms with Gasteiger partial charge in [-0.2, -0.15) is 4.98 Å². The van der Waals surface area contributed by atoms with E-state index in [4.69, 9.17) is 4.52 Å². The third-order valence-corrected chi connectivity index (χ3v) is 5.30. The van der Waals surface area contributed by atoms with Gasteiger partial charge in [0, 0.05) is 30.9 Å². The van der Waals surface area contributed by atoms with Crippen LogP contribution in [0.1, 0.15) is 58.5 Å². The Bertz CT molecular complexity index is 1170. The topological polar surface area (TPSA) is 118 Å². The van der Waals surface area contributed by atoms with E-state index >= 15 is 0 Å². The van der Waals surface area contributed by atoms with Crippen LogP contribution in [0.2, 0.25) is 0 Å². The number of benzene rings is 1. The summed E-state index contributed by atoms with van der Waals surface area (Å²) in [5, 5.41) is 6.86. The second kappa shape index (κ2) is 8.70. The number of pyridine rings is 1. The maximum absolute atomic E-state index is 12.6. The number of hydrogen-bond acceptors (Lipinski definition) is 7. The lowest BCUT2D eigenvalue weighted by Crippen LogP contribution is -2.37. The number of aryl methyl sites for hydroxylation is 1. The number of carbonyl (C=O) groups is 3. The van der Waals surface area contributed by atoms with Crippen molar-refractivity contribution in [2.24, 2.45) is 5.92 Å². The Balaban J connectivity index is 1.41. The van der Waals surface area contributed by atoms with Crippen LogP contribution in [-0.2, 0) is 4.79 Å². The quantitative estimate of drug-likeness (QED) is 0.569. The molecule has 164 valence electrons. The van der Waals surface area contributed by atoms with Gasteiger partial charge in [0.1, 0.15) is 6.04 Å². The van der Waals surface area contributed by atoms with E-state index in [2.05, 4.69) is 20.4 Å². The number of aromatic nitrogens is 3. The standard InChI is InChI=1S/C23H23N5O4/c1-13(2)19(21-26-20(27-32-21)15-5-4-9-24-12-15)25-18(29)8-10-28-22(30)16-7-6-14(3)11-17(16)23(28)31/h4-7,9,11-13,19H,8,10H2,1-3H3,(H,25,29). The molecule has 0 spiro atoms. The summed E-state index contributed by atoms with van der Waals surface area (Å²) in [5.74, 6) is -0.435. The molecule has 1 aliphatic heterocycles. The molecule has 3 aromatic rings. The van der Waals surface area contributed by atoms with Gasteiger partial charge in [0.05, 0.1) is 11.1 Å². The molecule has 32 heavy (non-hydrogen) atoms. The summed E-state index contributed by atoms with van der Waals surface area (Å²) in [5.41, 5.74) is 2.35. The van der Waals surface area contributed by atoms with Crippen LogP contribution >= 0.6 is 0 Å². The third kappa shape index (κ3) is 4.14. The van der Waals surface area contributed by atoms with E-state index in [0.717, 1.165) is 10.5 Å². The molecule has 9 nitrogen and oxygen atoms in total. The second-order valence-corrected chi connectivity index (χ2v) is 8.05. The number of amides is 3. The number of imide groups is 1. The molecule has 0 aliphatic carbocycles. The predicted octanol–water partition coefficient (Wildman–Crippen LogP) is 2.94. The van der Waals surface area contributed by atoms with Crippen LogP contribution in [0, 0.1) is 12.8 Å². The fourth-order valence-corrected chi connectivity index (χ4v) is 3.55. The maximum atomic E-state index is 12.6. The molecule has 1 N–H and O–H groups in total. The average molecular weight is 433 g/mol. The Morgan fingerprint density at radius 2 is 1.94 bits per heavy atom. The summed E-state index contributed by atoms with van der Waals surface area (Å²) in [6.07, 6.45) is 3.25. The maximum Gasteiger partial charge on any atom is 0.261 e. The van der Waals surface area contributed by atoms with Crippen LogP contribution in [0.25, 0.3) is 11.4 Å². The average Bonchev–Trinajstić information content (AvgIpc) is 3.35. The van der Waals surface area contributed by atoms with Gasteiger partial charge in [-0.3, -0.25) is 24.3 Å². The van der Waals surface area contributed by atoms with E-state index in [0.29, 0.717) is 22.5 Å². The molecule has 2 aromatic heterocycles. The molecular formula is C23H23N5O4. The van der Waals surface area contributed by atoms with Crippen LogP contribution in [0.4, 0.5) is 0 Å². The second-order valence-electron chi connectivity index (χ2n) is 8.05. The van der Waals surface area contributed by atoms with Gasteiger partial charge >= 0.3 is 0 Å². The number of nitrogens with zero attached hydrogens (tertiary/aromatic N) is 4. The van der Waals surface area contributed by atoms with Crippen molar-refractivity contribution in [1.82, 2.24) is 25.3 Å². The largest absolute Gasteiger partial charge is 0.344 e. The molecular weight excluding hydrogens is 410 g/mol. The minimum absolute atomic E-state index is 0.00713. The normalized spacial score (nSPS) is 14.1. The number of fused-ring (bicyclic) bond motifs is 1. The number of nitrogens with one attached hydrogen (secondary N) is 1. The summed E-state index contributed by atoms with van der Waals surface area (Å²) >= 11 is 0. The van der Waals surface area contributed by atoms with Crippen LogP contribution in [0.15, 0.2) is 47.2 Å². The Labute approximate surface area is 184 Å². The molecule has 0 fully saturated rings. The summed E-state index contributed by atoms with van der Waals surface area (Å²) < 4.78 is 5.39. The van der Waals surface area contributed by atoms with Crippen molar-refractivity contribution in [1.29, 1.82) is 0 Å². The fraction of sp³-hybridized carbons (Fsp3) is 0.304. The Morgan fingerprint density at radius 1 is 1.16 bits per heavy atom. The van der Waals surface area contributed by atoms with E-state index in [1.54, 1.807) is 36.7 Å². The van der Waals surface area contributed by atoms with E-state index < -0.39 is 6.04 Å². The van der Waals surface area contributed by atoms with E-state index in [-0.39, 0.29) is 42.5 Å². The predicted molar refractivity (Wildman–Crippen MR) is 114 cm³/mol. The molecule has 4 rings (SSSR count). The van der Waals surface area contributed by atoms with Gasteiger partial charge in [0.15, 0.2) is 0 Å². The first kappa shape index (κ1) is 21.4. The molecule has 0 saturated carbocycles. The van der Waals surface area contributed by atoms with Crippen LogP contribution < -0.4 is 5.32 Å². The Morgan fingerprint density at radius 3 is 2.66 bits per heavy atom. The number of carbonyl (C=O) groups excluding carboxylic acids is 3. The van der Waals surface area contributed by atoms with Gasteiger partial charge in [-0.05, 0) is 37.1 Å². The fourth-order valence-electron chi connectivity index (χ4n) is 3.55.